The molecule has 0 saturated carbocycles. The molecule has 0 aliphatic heterocycles. The first kappa shape index (κ1) is 19.6. The normalized spacial score (nSPS) is 11.2. The molecule has 0 heterocycles. The summed E-state index contributed by atoms with van der Waals surface area (Å²) in [6.07, 6.45) is 8.06. The van der Waals surface area contributed by atoms with Crippen LogP contribution in [-0.2, 0) is 9.59 Å². The van der Waals surface area contributed by atoms with E-state index >= 15 is 0 Å². The Morgan fingerprint density at radius 3 is 2.57 bits per heavy atom. The Kier molecular flexibility index (Phi) is 12.7. The third-order valence-corrected chi connectivity index (χ3v) is 2.97. The molecule has 0 aromatic heterocycles. The van der Waals surface area contributed by atoms with Crippen LogP contribution in [0.4, 0.5) is 0 Å². The molecule has 0 aliphatic carbocycles. The van der Waals surface area contributed by atoms with Crippen molar-refractivity contribution in [2.24, 2.45) is 0 Å². The van der Waals surface area contributed by atoms with E-state index in [1.807, 2.05) is 17.1 Å². The van der Waals surface area contributed by atoms with Crippen molar-refractivity contribution in [3.63, 3.8) is 0 Å². The van der Waals surface area contributed by atoms with Crippen molar-refractivity contribution in [2.45, 2.75) is 45.4 Å². The molecule has 0 fully saturated rings. The molecular formula is C15H28N2O4. The number of hydrogen-bond acceptors (Lipinski definition) is 4. The maximum absolute atomic E-state index is 11.6. The molecule has 122 valence electrons. The molecular weight excluding hydrogens is 272 g/mol. The van der Waals surface area contributed by atoms with Crippen LogP contribution in [0.15, 0.2) is 12.2 Å². The number of aliphatic hydroxyl groups excluding tert-OH is 1. The van der Waals surface area contributed by atoms with Gasteiger partial charge in [-0.15, -0.1) is 0 Å². The maximum atomic E-state index is 11.6. The summed E-state index contributed by atoms with van der Waals surface area (Å²) in [4.78, 5) is 24.0. The molecule has 0 radical (unpaired) electrons. The molecule has 1 amide bonds. The number of carboxylic acid groups (broad SMARTS) is 1. The number of nitrogens with one attached hydrogen (secondary N) is 1. The smallest absolute Gasteiger partial charge is 0.304 e. The summed E-state index contributed by atoms with van der Waals surface area (Å²) in [5, 5.41) is 20.3. The summed E-state index contributed by atoms with van der Waals surface area (Å²) in [5.41, 5.74) is 0. The van der Waals surface area contributed by atoms with Crippen molar-refractivity contribution in [3.05, 3.63) is 12.2 Å². The van der Waals surface area contributed by atoms with E-state index in [9.17, 15) is 9.59 Å². The number of carbonyl (C=O) groups excluding carboxylic acids is 1. The largest absolute Gasteiger partial charge is 0.481 e. The van der Waals surface area contributed by atoms with E-state index in [1.54, 1.807) is 0 Å². The van der Waals surface area contributed by atoms with E-state index in [0.717, 1.165) is 19.3 Å². The zero-order valence-electron chi connectivity index (χ0n) is 12.9. The summed E-state index contributed by atoms with van der Waals surface area (Å²) in [6, 6.07) is 0. The van der Waals surface area contributed by atoms with Gasteiger partial charge in [0.1, 0.15) is 0 Å². The zero-order valence-corrected chi connectivity index (χ0v) is 12.9. The summed E-state index contributed by atoms with van der Waals surface area (Å²) in [6.45, 7) is 3.42. The molecule has 0 aliphatic rings. The number of amides is 1. The lowest BCUT2D eigenvalue weighted by molar-refractivity contribution is -0.137. The molecule has 0 aromatic rings. The summed E-state index contributed by atoms with van der Waals surface area (Å²) >= 11 is 0. The second-order valence-corrected chi connectivity index (χ2v) is 4.91. The van der Waals surface area contributed by atoms with Gasteiger partial charge in [0.05, 0.1) is 13.1 Å². The van der Waals surface area contributed by atoms with Gasteiger partial charge in [-0.3, -0.25) is 14.5 Å². The van der Waals surface area contributed by atoms with Gasteiger partial charge in [-0.25, -0.2) is 0 Å². The van der Waals surface area contributed by atoms with Gasteiger partial charge >= 0.3 is 5.97 Å². The van der Waals surface area contributed by atoms with Crippen LogP contribution >= 0.6 is 0 Å². The highest BCUT2D eigenvalue weighted by Crippen LogP contribution is 1.97. The van der Waals surface area contributed by atoms with E-state index in [4.69, 9.17) is 10.2 Å². The fourth-order valence-corrected chi connectivity index (χ4v) is 1.72. The summed E-state index contributed by atoms with van der Waals surface area (Å²) in [7, 11) is 0. The quantitative estimate of drug-likeness (QED) is 0.271. The van der Waals surface area contributed by atoms with Crippen molar-refractivity contribution in [2.75, 3.05) is 26.4 Å². The monoisotopic (exact) mass is 300 g/mol. The minimum Gasteiger partial charge on any atom is -0.481 e. The second kappa shape index (κ2) is 13.6. The van der Waals surface area contributed by atoms with Crippen LogP contribution in [0.5, 0.6) is 0 Å². The number of carboxylic acids is 1. The second-order valence-electron chi connectivity index (χ2n) is 4.91. The molecule has 0 bridgehead atoms. The van der Waals surface area contributed by atoms with E-state index in [1.165, 1.54) is 0 Å². The van der Waals surface area contributed by atoms with Gasteiger partial charge in [-0.1, -0.05) is 31.9 Å². The molecule has 0 spiro atoms. The Morgan fingerprint density at radius 1 is 1.19 bits per heavy atom. The standard InChI is InChI=1S/C15H28N2O4/c1-2-3-4-5-6-8-14(19)16-13-17(10-7-12-18)11-9-15(20)21/h5-6,18H,2-4,7-13H2,1H3,(H,16,19)(H,20,21)/b6-5+. The van der Waals surface area contributed by atoms with Gasteiger partial charge in [0.25, 0.3) is 0 Å². The van der Waals surface area contributed by atoms with Crippen molar-refractivity contribution < 1.29 is 19.8 Å². The molecule has 6 nitrogen and oxygen atoms in total. The third-order valence-electron chi connectivity index (χ3n) is 2.97. The van der Waals surface area contributed by atoms with Crippen molar-refractivity contribution >= 4 is 11.9 Å². The van der Waals surface area contributed by atoms with E-state index in [2.05, 4.69) is 12.2 Å². The van der Waals surface area contributed by atoms with Crippen molar-refractivity contribution in [3.8, 4) is 0 Å². The average molecular weight is 300 g/mol. The molecule has 0 aromatic carbocycles. The summed E-state index contributed by atoms with van der Waals surface area (Å²) in [5.74, 6) is -0.943. The third kappa shape index (κ3) is 13.3. The van der Waals surface area contributed by atoms with Crippen LogP contribution in [0.25, 0.3) is 0 Å². The van der Waals surface area contributed by atoms with Crippen molar-refractivity contribution in [1.29, 1.82) is 0 Å². The van der Waals surface area contributed by atoms with Crippen LogP contribution in [0.2, 0.25) is 0 Å². The van der Waals surface area contributed by atoms with Crippen molar-refractivity contribution in [1.82, 2.24) is 10.2 Å². The van der Waals surface area contributed by atoms with Crippen LogP contribution in [0.1, 0.15) is 45.4 Å². The number of nitrogens with zero attached hydrogens (tertiary/aromatic N) is 1. The SMILES string of the molecule is CCCC/C=C/CC(=O)NCN(CCCO)CCC(=O)O. The molecule has 6 heteroatoms. The lowest BCUT2D eigenvalue weighted by Crippen LogP contribution is -2.39. The highest BCUT2D eigenvalue weighted by atomic mass is 16.4. The first-order valence-corrected chi connectivity index (χ1v) is 7.56. The fourth-order valence-electron chi connectivity index (χ4n) is 1.72. The highest BCUT2D eigenvalue weighted by molar-refractivity contribution is 5.77. The molecule has 0 atom stereocenters. The first-order valence-electron chi connectivity index (χ1n) is 7.56. The zero-order chi connectivity index (χ0) is 15.9. The lowest BCUT2D eigenvalue weighted by atomic mass is 10.2. The summed E-state index contributed by atoms with van der Waals surface area (Å²) < 4.78 is 0. The average Bonchev–Trinajstić information content (AvgIpc) is 2.46. The van der Waals surface area contributed by atoms with Gasteiger partial charge in [0.15, 0.2) is 0 Å². The Labute approximate surface area is 126 Å². The van der Waals surface area contributed by atoms with Gasteiger partial charge in [-0.2, -0.15) is 0 Å². The molecule has 21 heavy (non-hydrogen) atoms. The predicted octanol–water partition coefficient (Wildman–Crippen LogP) is 1.36. The molecule has 0 saturated heterocycles. The Morgan fingerprint density at radius 2 is 1.95 bits per heavy atom. The lowest BCUT2D eigenvalue weighted by Gasteiger charge is -2.21. The minimum atomic E-state index is -0.866. The number of aliphatic hydroxyl groups is 1. The first-order chi connectivity index (χ1) is 10.1. The van der Waals surface area contributed by atoms with Gasteiger partial charge in [-0.05, 0) is 12.8 Å². The topological polar surface area (TPSA) is 89.9 Å². The van der Waals surface area contributed by atoms with Gasteiger partial charge in [0, 0.05) is 26.1 Å². The number of carbonyl (C=O) groups is 2. The maximum Gasteiger partial charge on any atom is 0.304 e. The van der Waals surface area contributed by atoms with Crippen LogP contribution in [0, 0.1) is 0 Å². The molecule has 3 N–H and O–H groups in total. The van der Waals surface area contributed by atoms with E-state index < -0.39 is 5.97 Å². The van der Waals surface area contributed by atoms with Gasteiger partial charge in [0.2, 0.25) is 5.91 Å². The number of hydrogen-bond donors (Lipinski definition) is 3. The predicted molar refractivity (Wildman–Crippen MR) is 81.8 cm³/mol. The molecule has 0 rings (SSSR count). The number of allylic oxidation sites excluding steroid dienone is 1. The van der Waals surface area contributed by atoms with E-state index in [-0.39, 0.29) is 18.9 Å². The number of aliphatic carboxylic acids is 1. The van der Waals surface area contributed by atoms with Crippen LogP contribution in [0.3, 0.4) is 0 Å². The number of unbranched alkanes of at least 4 members (excludes halogenated alkanes) is 2. The minimum absolute atomic E-state index is 0.0260. The Bertz CT molecular complexity index is 319. The Hall–Kier alpha value is -1.40. The Balaban J connectivity index is 3.94. The van der Waals surface area contributed by atoms with E-state index in [0.29, 0.717) is 32.6 Å². The molecule has 0 unspecified atom stereocenters. The van der Waals surface area contributed by atoms with Crippen LogP contribution < -0.4 is 5.32 Å². The van der Waals surface area contributed by atoms with Crippen LogP contribution in [-0.4, -0.2) is 53.4 Å². The highest BCUT2D eigenvalue weighted by Gasteiger charge is 2.08. The fraction of sp³-hybridized carbons (Fsp3) is 0.733. The number of rotatable bonds is 13. The van der Waals surface area contributed by atoms with Gasteiger partial charge < -0.3 is 15.5 Å².